The fourth-order valence-electron chi connectivity index (χ4n) is 1.67. The van der Waals surface area contributed by atoms with Gasteiger partial charge in [0, 0.05) is 6.42 Å². The Kier molecular flexibility index (Phi) is 4.55. The van der Waals surface area contributed by atoms with Gasteiger partial charge in [0.2, 0.25) is 0 Å². The van der Waals surface area contributed by atoms with Crippen LogP contribution in [0.3, 0.4) is 0 Å². The number of benzene rings is 1. The van der Waals surface area contributed by atoms with Crippen LogP contribution in [-0.2, 0) is 16.4 Å². The van der Waals surface area contributed by atoms with E-state index in [1.54, 1.807) is 6.92 Å². The lowest BCUT2D eigenvalue weighted by atomic mass is 10.3. The summed E-state index contributed by atoms with van der Waals surface area (Å²) in [5, 5.41) is -0.169. The Morgan fingerprint density at radius 1 is 1.33 bits per heavy atom. The number of sulfonamides is 1. The van der Waals surface area contributed by atoms with E-state index in [1.807, 2.05) is 4.72 Å². The van der Waals surface area contributed by atoms with E-state index < -0.39 is 15.9 Å². The number of hydrogen-bond acceptors (Lipinski definition) is 5. The molecule has 1 heterocycles. The maximum absolute atomic E-state index is 12.2. The zero-order valence-electron chi connectivity index (χ0n) is 10.8. The van der Waals surface area contributed by atoms with Crippen molar-refractivity contribution in [1.29, 1.82) is 0 Å². The average molecular weight is 349 g/mol. The van der Waals surface area contributed by atoms with E-state index in [-0.39, 0.29) is 26.4 Å². The molecule has 0 spiro atoms. The van der Waals surface area contributed by atoms with Crippen molar-refractivity contribution >= 4 is 39.1 Å². The minimum atomic E-state index is -4.22. The summed E-state index contributed by atoms with van der Waals surface area (Å²) in [4.78, 5) is 15.3. The molecule has 112 valence electrons. The summed E-state index contributed by atoms with van der Waals surface area (Å²) in [6.45, 7) is 1.75. The molecule has 0 radical (unpaired) electrons. The molecule has 0 aliphatic heterocycles. The van der Waals surface area contributed by atoms with E-state index in [0.29, 0.717) is 6.42 Å². The Bertz CT molecular complexity index is 766. The van der Waals surface area contributed by atoms with Crippen molar-refractivity contribution in [2.45, 2.75) is 18.2 Å². The summed E-state index contributed by atoms with van der Waals surface area (Å²) in [5.74, 6) is -0.621. The third-order valence-corrected chi connectivity index (χ3v) is 4.88. The number of amides is 1. The highest BCUT2D eigenvalue weighted by Crippen LogP contribution is 2.28. The Morgan fingerprint density at radius 3 is 2.52 bits per heavy atom. The number of carbonyl (C=O) groups excluding carboxylic acids is 1. The highest BCUT2D eigenvalue weighted by Gasteiger charge is 2.26. The molecule has 0 saturated heterocycles. The number of carbonyl (C=O) groups is 1. The van der Waals surface area contributed by atoms with E-state index in [0.717, 1.165) is 6.39 Å². The number of rotatable bonds is 4. The van der Waals surface area contributed by atoms with Gasteiger partial charge in [-0.15, -0.1) is 0 Å². The molecule has 0 fully saturated rings. The monoisotopic (exact) mass is 348 g/mol. The Hall–Kier alpha value is -1.57. The van der Waals surface area contributed by atoms with Gasteiger partial charge in [-0.1, -0.05) is 36.2 Å². The molecule has 2 rings (SSSR count). The molecule has 0 unspecified atom stereocenters. The van der Waals surface area contributed by atoms with Crippen LogP contribution < -0.4 is 4.72 Å². The Labute approximate surface area is 131 Å². The van der Waals surface area contributed by atoms with Crippen LogP contribution >= 0.6 is 23.2 Å². The topological polar surface area (TPSA) is 89.3 Å². The van der Waals surface area contributed by atoms with Crippen LogP contribution in [0.2, 0.25) is 10.0 Å². The van der Waals surface area contributed by atoms with E-state index >= 15 is 0 Å². The molecule has 9 heteroatoms. The summed E-state index contributed by atoms with van der Waals surface area (Å²) in [6.07, 6.45) is 1.47. The second-order valence-electron chi connectivity index (χ2n) is 3.96. The summed E-state index contributed by atoms with van der Waals surface area (Å²) in [6, 6.07) is 4.22. The molecule has 1 aromatic carbocycles. The molecule has 0 aliphatic carbocycles. The van der Waals surface area contributed by atoms with Gasteiger partial charge in [-0.05, 0) is 12.1 Å². The van der Waals surface area contributed by atoms with E-state index in [9.17, 15) is 13.2 Å². The van der Waals surface area contributed by atoms with Gasteiger partial charge in [-0.25, -0.2) is 18.1 Å². The van der Waals surface area contributed by atoms with Crippen LogP contribution in [0.15, 0.2) is 33.9 Å². The molecule has 6 nitrogen and oxygen atoms in total. The largest absolute Gasteiger partial charge is 0.448 e. The van der Waals surface area contributed by atoms with E-state index in [4.69, 9.17) is 27.6 Å². The minimum Gasteiger partial charge on any atom is -0.448 e. The van der Waals surface area contributed by atoms with Gasteiger partial charge in [0.1, 0.15) is 10.7 Å². The molecule has 1 amide bonds. The van der Waals surface area contributed by atoms with E-state index in [1.165, 1.54) is 18.2 Å². The highest BCUT2D eigenvalue weighted by molar-refractivity contribution is 7.90. The van der Waals surface area contributed by atoms with Crippen molar-refractivity contribution in [3.05, 3.63) is 46.1 Å². The van der Waals surface area contributed by atoms with Crippen molar-refractivity contribution in [3.63, 3.8) is 0 Å². The SMILES string of the molecule is CCc1ocnc1C(=O)NS(=O)(=O)c1c(Cl)cccc1Cl. The normalized spacial score (nSPS) is 11.4. The van der Waals surface area contributed by atoms with Crippen molar-refractivity contribution < 1.29 is 17.6 Å². The number of aromatic nitrogens is 1. The third kappa shape index (κ3) is 3.20. The minimum absolute atomic E-state index is 0.0846. The Morgan fingerprint density at radius 2 is 1.95 bits per heavy atom. The third-order valence-electron chi connectivity index (χ3n) is 2.59. The highest BCUT2D eigenvalue weighted by atomic mass is 35.5. The molecular weight excluding hydrogens is 339 g/mol. The van der Waals surface area contributed by atoms with Crippen LogP contribution in [0.1, 0.15) is 23.2 Å². The standard InChI is InChI=1S/C12H10Cl2N2O4S/c1-2-9-10(15-6-20-9)12(17)16-21(18,19)11-7(13)4-3-5-8(11)14/h3-6H,2H2,1H3,(H,16,17). The second-order valence-corrected chi connectivity index (χ2v) is 6.40. The molecular formula is C12H10Cl2N2O4S. The number of nitrogens with one attached hydrogen (secondary N) is 1. The molecule has 1 N–H and O–H groups in total. The van der Waals surface area contributed by atoms with Gasteiger partial charge in [-0.2, -0.15) is 0 Å². The van der Waals surface area contributed by atoms with Gasteiger partial charge >= 0.3 is 0 Å². The molecule has 1 aromatic heterocycles. The number of oxazole rings is 1. The number of aryl methyl sites for hydroxylation is 1. The van der Waals surface area contributed by atoms with Crippen molar-refractivity contribution in [3.8, 4) is 0 Å². The van der Waals surface area contributed by atoms with Gasteiger partial charge in [0.15, 0.2) is 12.1 Å². The number of nitrogens with zero attached hydrogens (tertiary/aromatic N) is 1. The molecule has 21 heavy (non-hydrogen) atoms. The number of hydrogen-bond donors (Lipinski definition) is 1. The van der Waals surface area contributed by atoms with Crippen molar-refractivity contribution in [2.75, 3.05) is 0 Å². The zero-order valence-corrected chi connectivity index (χ0v) is 13.1. The van der Waals surface area contributed by atoms with Crippen LogP contribution in [0, 0.1) is 0 Å². The fraction of sp³-hybridized carbons (Fsp3) is 0.167. The predicted octanol–water partition coefficient (Wildman–Crippen LogP) is 2.66. The first-order valence-electron chi connectivity index (χ1n) is 5.80. The second kappa shape index (κ2) is 6.05. The first-order chi connectivity index (χ1) is 9.86. The Balaban J connectivity index is 2.36. The summed E-state index contributed by atoms with van der Waals surface area (Å²) in [7, 11) is -4.22. The maximum atomic E-state index is 12.2. The summed E-state index contributed by atoms with van der Waals surface area (Å²) < 4.78 is 31.3. The van der Waals surface area contributed by atoms with Crippen LogP contribution in [0.25, 0.3) is 0 Å². The molecule has 0 bridgehead atoms. The van der Waals surface area contributed by atoms with Crippen molar-refractivity contribution in [2.24, 2.45) is 0 Å². The molecule has 2 aromatic rings. The molecule has 0 atom stereocenters. The first kappa shape index (κ1) is 15.8. The van der Waals surface area contributed by atoms with Gasteiger partial charge < -0.3 is 4.42 Å². The first-order valence-corrected chi connectivity index (χ1v) is 8.04. The molecule has 0 aliphatic rings. The zero-order chi connectivity index (χ0) is 15.6. The summed E-state index contributed by atoms with van der Waals surface area (Å²) in [5.41, 5.74) is -0.0933. The van der Waals surface area contributed by atoms with Crippen LogP contribution in [0.4, 0.5) is 0 Å². The maximum Gasteiger partial charge on any atom is 0.287 e. The fourth-order valence-corrected chi connectivity index (χ4v) is 3.77. The lowest BCUT2D eigenvalue weighted by molar-refractivity contribution is 0.0975. The predicted molar refractivity (Wildman–Crippen MR) is 77.0 cm³/mol. The van der Waals surface area contributed by atoms with Gasteiger partial charge in [0.25, 0.3) is 15.9 Å². The lowest BCUT2D eigenvalue weighted by Crippen LogP contribution is -2.31. The average Bonchev–Trinajstić information content (AvgIpc) is 2.85. The van der Waals surface area contributed by atoms with Crippen LogP contribution in [0.5, 0.6) is 0 Å². The smallest absolute Gasteiger partial charge is 0.287 e. The summed E-state index contributed by atoms with van der Waals surface area (Å²) >= 11 is 11.7. The quantitative estimate of drug-likeness (QED) is 0.917. The lowest BCUT2D eigenvalue weighted by Gasteiger charge is -2.09. The molecule has 0 saturated carbocycles. The van der Waals surface area contributed by atoms with E-state index in [2.05, 4.69) is 4.98 Å². The van der Waals surface area contributed by atoms with Gasteiger partial charge in [-0.3, -0.25) is 4.79 Å². The van der Waals surface area contributed by atoms with Crippen LogP contribution in [-0.4, -0.2) is 19.3 Å². The van der Waals surface area contributed by atoms with Gasteiger partial charge in [0.05, 0.1) is 10.0 Å². The number of halogens is 2. The van der Waals surface area contributed by atoms with Crippen molar-refractivity contribution in [1.82, 2.24) is 9.71 Å².